The second kappa shape index (κ2) is 6.73. The summed E-state index contributed by atoms with van der Waals surface area (Å²) < 4.78 is 16.6. The number of pyridine rings is 1. The summed E-state index contributed by atoms with van der Waals surface area (Å²) in [6.07, 6.45) is 7.31. The lowest BCUT2D eigenvalue weighted by molar-refractivity contribution is 0.387. The fraction of sp³-hybridized carbons (Fsp3) is 0.267. The van der Waals surface area contributed by atoms with E-state index in [2.05, 4.69) is 23.7 Å². The third-order valence-corrected chi connectivity index (χ3v) is 3.83. The fourth-order valence-electron chi connectivity index (χ4n) is 1.81. The standard InChI is InChI=1S/C15H16NO4P/c1-2-3-4-5-6-12-9-13(11-16-10-12)15-14(7-8-20-15)21(17,18)19/h7-11H,2-4H2,1H3,(H2,17,18,19). The lowest BCUT2D eigenvalue weighted by Gasteiger charge is -2.04. The van der Waals surface area contributed by atoms with Crippen LogP contribution in [0.4, 0.5) is 0 Å². The predicted molar refractivity (Wildman–Crippen MR) is 80.0 cm³/mol. The minimum atomic E-state index is -4.38. The van der Waals surface area contributed by atoms with Crippen LogP contribution in [0.3, 0.4) is 0 Å². The Bertz CT molecular complexity index is 721. The molecule has 0 aromatic carbocycles. The molecular weight excluding hydrogens is 289 g/mol. The Morgan fingerprint density at radius 1 is 1.38 bits per heavy atom. The van der Waals surface area contributed by atoms with Gasteiger partial charge in [0, 0.05) is 29.9 Å². The highest BCUT2D eigenvalue weighted by Gasteiger charge is 2.25. The first-order chi connectivity index (χ1) is 10.0. The van der Waals surface area contributed by atoms with Crippen molar-refractivity contribution in [1.82, 2.24) is 4.98 Å². The number of rotatable bonds is 4. The van der Waals surface area contributed by atoms with E-state index in [-0.39, 0.29) is 11.1 Å². The van der Waals surface area contributed by atoms with Gasteiger partial charge in [-0.3, -0.25) is 9.55 Å². The first kappa shape index (κ1) is 15.5. The number of furan rings is 1. The molecule has 2 heterocycles. The van der Waals surface area contributed by atoms with E-state index >= 15 is 0 Å². The molecule has 0 radical (unpaired) electrons. The van der Waals surface area contributed by atoms with Gasteiger partial charge in [0.15, 0.2) is 5.76 Å². The van der Waals surface area contributed by atoms with Crippen LogP contribution in [-0.4, -0.2) is 14.8 Å². The Kier molecular flexibility index (Phi) is 4.98. The fourth-order valence-corrected chi connectivity index (χ4v) is 2.51. The zero-order valence-corrected chi connectivity index (χ0v) is 12.5. The van der Waals surface area contributed by atoms with Crippen molar-refractivity contribution in [2.24, 2.45) is 0 Å². The summed E-state index contributed by atoms with van der Waals surface area (Å²) in [4.78, 5) is 22.6. The van der Waals surface area contributed by atoms with Gasteiger partial charge in [-0.15, -0.1) is 0 Å². The molecule has 0 bridgehead atoms. The Balaban J connectivity index is 2.32. The topological polar surface area (TPSA) is 83.6 Å². The van der Waals surface area contributed by atoms with Gasteiger partial charge in [0.1, 0.15) is 5.30 Å². The first-order valence-electron chi connectivity index (χ1n) is 6.60. The summed E-state index contributed by atoms with van der Waals surface area (Å²) in [7, 11) is -4.38. The molecule has 110 valence electrons. The van der Waals surface area contributed by atoms with Crippen LogP contribution in [0.25, 0.3) is 11.3 Å². The maximum absolute atomic E-state index is 11.4. The lowest BCUT2D eigenvalue weighted by Crippen LogP contribution is -2.03. The molecule has 21 heavy (non-hydrogen) atoms. The maximum Gasteiger partial charge on any atom is 0.360 e. The Hall–Kier alpha value is -1.86. The van der Waals surface area contributed by atoms with Crippen LogP contribution in [0.5, 0.6) is 0 Å². The highest BCUT2D eigenvalue weighted by molar-refractivity contribution is 7.60. The summed E-state index contributed by atoms with van der Waals surface area (Å²) in [5.74, 6) is 6.17. The van der Waals surface area contributed by atoms with Gasteiger partial charge >= 0.3 is 7.60 Å². The van der Waals surface area contributed by atoms with Crippen LogP contribution in [0.2, 0.25) is 0 Å². The maximum atomic E-state index is 11.4. The van der Waals surface area contributed by atoms with E-state index in [1.165, 1.54) is 18.5 Å². The molecule has 0 aliphatic rings. The molecule has 2 aromatic rings. The second-order valence-corrected chi connectivity index (χ2v) is 6.12. The van der Waals surface area contributed by atoms with Gasteiger partial charge in [0.2, 0.25) is 0 Å². The molecule has 2 rings (SSSR count). The van der Waals surface area contributed by atoms with Crippen LogP contribution in [0.1, 0.15) is 31.7 Å². The zero-order valence-electron chi connectivity index (χ0n) is 11.6. The molecule has 0 atom stereocenters. The van der Waals surface area contributed by atoms with Crippen molar-refractivity contribution >= 4 is 12.9 Å². The summed E-state index contributed by atoms with van der Waals surface area (Å²) in [6, 6.07) is 2.99. The molecule has 0 fully saturated rings. The van der Waals surface area contributed by atoms with Crippen molar-refractivity contribution in [3.8, 4) is 23.2 Å². The van der Waals surface area contributed by atoms with Gasteiger partial charge in [-0.1, -0.05) is 25.2 Å². The van der Waals surface area contributed by atoms with Crippen molar-refractivity contribution in [2.75, 3.05) is 0 Å². The Morgan fingerprint density at radius 3 is 2.90 bits per heavy atom. The Morgan fingerprint density at radius 2 is 2.19 bits per heavy atom. The number of hydrogen-bond donors (Lipinski definition) is 2. The molecule has 0 unspecified atom stereocenters. The lowest BCUT2D eigenvalue weighted by atomic mass is 10.1. The van der Waals surface area contributed by atoms with Gasteiger partial charge in [0.05, 0.1) is 6.26 Å². The largest absolute Gasteiger partial charge is 0.463 e. The van der Waals surface area contributed by atoms with E-state index in [0.29, 0.717) is 11.1 Å². The first-order valence-corrected chi connectivity index (χ1v) is 8.21. The summed E-state index contributed by atoms with van der Waals surface area (Å²) in [6.45, 7) is 2.10. The minimum absolute atomic E-state index is 0.132. The smallest absolute Gasteiger partial charge is 0.360 e. The average Bonchev–Trinajstić information content (AvgIpc) is 2.93. The van der Waals surface area contributed by atoms with Crippen LogP contribution in [0.15, 0.2) is 35.2 Å². The number of unbranched alkanes of at least 4 members (excludes halogenated alkanes) is 2. The summed E-state index contributed by atoms with van der Waals surface area (Å²) >= 11 is 0. The second-order valence-electron chi connectivity index (χ2n) is 4.55. The van der Waals surface area contributed by atoms with Gasteiger partial charge in [0.25, 0.3) is 0 Å². The number of aromatic nitrogens is 1. The highest BCUT2D eigenvalue weighted by atomic mass is 31.2. The molecule has 0 aliphatic carbocycles. The van der Waals surface area contributed by atoms with E-state index in [4.69, 9.17) is 4.42 Å². The highest BCUT2D eigenvalue weighted by Crippen LogP contribution is 2.38. The normalized spacial score (nSPS) is 11.0. The quantitative estimate of drug-likeness (QED) is 0.515. The monoisotopic (exact) mass is 305 g/mol. The van der Waals surface area contributed by atoms with Gasteiger partial charge in [-0.05, 0) is 18.6 Å². The molecule has 0 aliphatic heterocycles. The molecule has 0 saturated carbocycles. The minimum Gasteiger partial charge on any atom is -0.463 e. The summed E-state index contributed by atoms with van der Waals surface area (Å²) in [5.41, 5.74) is 1.19. The van der Waals surface area contributed by atoms with Crippen LogP contribution in [-0.2, 0) is 4.57 Å². The van der Waals surface area contributed by atoms with E-state index in [1.807, 2.05) is 0 Å². The van der Waals surface area contributed by atoms with Crippen molar-refractivity contribution in [3.05, 3.63) is 36.4 Å². The van der Waals surface area contributed by atoms with Crippen LogP contribution < -0.4 is 5.30 Å². The van der Waals surface area contributed by atoms with Gasteiger partial charge < -0.3 is 14.2 Å². The van der Waals surface area contributed by atoms with E-state index in [0.717, 1.165) is 19.3 Å². The van der Waals surface area contributed by atoms with E-state index < -0.39 is 7.60 Å². The van der Waals surface area contributed by atoms with E-state index in [1.54, 1.807) is 12.3 Å². The van der Waals surface area contributed by atoms with Crippen LogP contribution in [0, 0.1) is 11.8 Å². The molecule has 2 N–H and O–H groups in total. The molecule has 2 aromatic heterocycles. The third kappa shape index (κ3) is 4.05. The molecule has 0 spiro atoms. The molecule has 6 heteroatoms. The Labute approximate surface area is 123 Å². The van der Waals surface area contributed by atoms with Crippen molar-refractivity contribution in [1.29, 1.82) is 0 Å². The van der Waals surface area contributed by atoms with Crippen LogP contribution >= 0.6 is 7.60 Å². The predicted octanol–water partition coefficient (Wildman–Crippen LogP) is 2.69. The molecule has 5 nitrogen and oxygen atoms in total. The van der Waals surface area contributed by atoms with E-state index in [9.17, 15) is 14.4 Å². The van der Waals surface area contributed by atoms with Gasteiger partial charge in [-0.2, -0.15) is 0 Å². The summed E-state index contributed by atoms with van der Waals surface area (Å²) in [5, 5.41) is -0.139. The molecule has 0 saturated heterocycles. The average molecular weight is 305 g/mol. The van der Waals surface area contributed by atoms with Crippen molar-refractivity contribution < 1.29 is 18.8 Å². The number of nitrogens with zero attached hydrogens (tertiary/aromatic N) is 1. The third-order valence-electron chi connectivity index (χ3n) is 2.85. The SMILES string of the molecule is CCCCC#Cc1cncc(-c2occc2P(=O)(O)O)c1. The molecule has 0 amide bonds. The van der Waals surface area contributed by atoms with Gasteiger partial charge in [-0.25, -0.2) is 0 Å². The van der Waals surface area contributed by atoms with Crippen molar-refractivity contribution in [2.45, 2.75) is 26.2 Å². The molecular formula is C15H16NO4P. The zero-order chi connectivity index (χ0) is 15.3. The van der Waals surface area contributed by atoms with Crippen molar-refractivity contribution in [3.63, 3.8) is 0 Å². The number of hydrogen-bond acceptors (Lipinski definition) is 3.